The molecule has 162 valence electrons. The normalized spacial score (nSPS) is 15.9. The van der Waals surface area contributed by atoms with E-state index in [2.05, 4.69) is 5.32 Å². The lowest BCUT2D eigenvalue weighted by Gasteiger charge is -2.32. The molecule has 0 unspecified atom stereocenters. The molecule has 1 aliphatic rings. The van der Waals surface area contributed by atoms with E-state index in [1.807, 2.05) is 52.0 Å². The molecule has 0 saturated carbocycles. The van der Waals surface area contributed by atoms with Gasteiger partial charge in [-0.15, -0.1) is 0 Å². The van der Waals surface area contributed by atoms with Crippen LogP contribution in [0.3, 0.4) is 0 Å². The summed E-state index contributed by atoms with van der Waals surface area (Å²) in [5.41, 5.74) is 4.43. The van der Waals surface area contributed by atoms with Crippen LogP contribution in [0.25, 0.3) is 0 Å². The molecular weight excluding hydrogens is 420 g/mol. The van der Waals surface area contributed by atoms with Crippen molar-refractivity contribution < 1.29 is 13.2 Å². The van der Waals surface area contributed by atoms with E-state index >= 15 is 0 Å². The van der Waals surface area contributed by atoms with Crippen molar-refractivity contribution in [3.63, 3.8) is 0 Å². The quantitative estimate of drug-likeness (QED) is 0.741. The average Bonchev–Trinajstić information content (AvgIpc) is 2.71. The Morgan fingerprint density at radius 1 is 1.07 bits per heavy atom. The van der Waals surface area contributed by atoms with Gasteiger partial charge in [-0.05, 0) is 74.4 Å². The van der Waals surface area contributed by atoms with Gasteiger partial charge in [0, 0.05) is 30.6 Å². The van der Waals surface area contributed by atoms with Gasteiger partial charge in [-0.3, -0.25) is 4.79 Å². The van der Waals surface area contributed by atoms with E-state index < -0.39 is 10.0 Å². The molecule has 30 heavy (non-hydrogen) atoms. The first-order valence-corrected chi connectivity index (χ1v) is 12.0. The molecule has 0 bridgehead atoms. The molecule has 0 aromatic heterocycles. The van der Waals surface area contributed by atoms with Crippen LogP contribution in [-0.4, -0.2) is 31.7 Å². The SMILES string of the molecule is Cc1cc(C)c(C)c(S(=O)(=O)N2CCC(C(=O)NCc3ccccc3Cl)CC2)c1C. The topological polar surface area (TPSA) is 66.5 Å². The molecule has 1 aliphatic heterocycles. The number of piperidine rings is 1. The number of halogens is 1. The van der Waals surface area contributed by atoms with Gasteiger partial charge >= 0.3 is 0 Å². The summed E-state index contributed by atoms with van der Waals surface area (Å²) in [5, 5.41) is 3.56. The molecule has 7 heteroatoms. The van der Waals surface area contributed by atoms with Gasteiger partial charge in [0.1, 0.15) is 0 Å². The average molecular weight is 449 g/mol. The fraction of sp³-hybridized carbons (Fsp3) is 0.435. The number of sulfonamides is 1. The number of hydrogen-bond donors (Lipinski definition) is 1. The summed E-state index contributed by atoms with van der Waals surface area (Å²) in [5.74, 6) is -0.244. The Morgan fingerprint density at radius 3 is 2.20 bits per heavy atom. The van der Waals surface area contributed by atoms with Crippen molar-refractivity contribution in [1.29, 1.82) is 0 Å². The first-order valence-electron chi connectivity index (χ1n) is 10.2. The van der Waals surface area contributed by atoms with Crippen LogP contribution in [0.2, 0.25) is 5.02 Å². The minimum Gasteiger partial charge on any atom is -0.352 e. The summed E-state index contributed by atoms with van der Waals surface area (Å²) < 4.78 is 28.3. The highest BCUT2D eigenvalue weighted by molar-refractivity contribution is 7.89. The summed E-state index contributed by atoms with van der Waals surface area (Å²) in [6.07, 6.45) is 1.02. The monoisotopic (exact) mass is 448 g/mol. The number of benzene rings is 2. The predicted octanol–water partition coefficient (Wildman–Crippen LogP) is 4.29. The van der Waals surface area contributed by atoms with Crippen molar-refractivity contribution in [2.75, 3.05) is 13.1 Å². The van der Waals surface area contributed by atoms with Crippen molar-refractivity contribution in [1.82, 2.24) is 9.62 Å². The van der Waals surface area contributed by atoms with E-state index in [9.17, 15) is 13.2 Å². The van der Waals surface area contributed by atoms with E-state index in [-0.39, 0.29) is 11.8 Å². The Kier molecular flexibility index (Phi) is 6.90. The molecule has 1 N–H and O–H groups in total. The van der Waals surface area contributed by atoms with Gasteiger partial charge in [-0.2, -0.15) is 4.31 Å². The molecule has 0 spiro atoms. The largest absolute Gasteiger partial charge is 0.352 e. The number of aryl methyl sites for hydroxylation is 2. The highest BCUT2D eigenvalue weighted by atomic mass is 35.5. The Labute approximate surface area is 184 Å². The molecule has 0 radical (unpaired) electrons. The summed E-state index contributed by atoms with van der Waals surface area (Å²) in [4.78, 5) is 13.0. The standard InChI is InChI=1S/C23H29ClN2O3S/c1-15-13-16(2)18(4)22(17(15)3)30(28,29)26-11-9-19(10-12-26)23(27)25-14-20-7-5-6-8-21(20)24/h5-8,13,19H,9-12,14H2,1-4H3,(H,25,27). The number of nitrogens with one attached hydrogen (secondary N) is 1. The lowest BCUT2D eigenvalue weighted by molar-refractivity contribution is -0.126. The lowest BCUT2D eigenvalue weighted by atomic mass is 9.97. The first kappa shape index (κ1) is 22.8. The Morgan fingerprint density at radius 2 is 1.63 bits per heavy atom. The van der Waals surface area contributed by atoms with Gasteiger partial charge < -0.3 is 5.32 Å². The van der Waals surface area contributed by atoms with Gasteiger partial charge in [0.25, 0.3) is 0 Å². The number of hydrogen-bond acceptors (Lipinski definition) is 3. The molecule has 2 aromatic carbocycles. The van der Waals surface area contributed by atoms with Crippen LogP contribution in [-0.2, 0) is 21.4 Å². The van der Waals surface area contributed by atoms with Crippen LogP contribution in [0.4, 0.5) is 0 Å². The molecule has 1 heterocycles. The maximum Gasteiger partial charge on any atom is 0.243 e. The van der Waals surface area contributed by atoms with E-state index in [1.165, 1.54) is 4.31 Å². The van der Waals surface area contributed by atoms with Crippen LogP contribution in [0, 0.1) is 33.6 Å². The van der Waals surface area contributed by atoms with Crippen LogP contribution < -0.4 is 5.32 Å². The smallest absolute Gasteiger partial charge is 0.243 e. The maximum atomic E-state index is 13.4. The molecule has 1 saturated heterocycles. The first-order chi connectivity index (χ1) is 14.1. The summed E-state index contributed by atoms with van der Waals surface area (Å²) in [7, 11) is -3.59. The fourth-order valence-electron chi connectivity index (χ4n) is 4.02. The molecule has 5 nitrogen and oxygen atoms in total. The second-order valence-electron chi connectivity index (χ2n) is 8.08. The second kappa shape index (κ2) is 9.08. The van der Waals surface area contributed by atoms with E-state index in [1.54, 1.807) is 6.07 Å². The molecule has 3 rings (SSSR count). The van der Waals surface area contributed by atoms with Gasteiger partial charge in [0.15, 0.2) is 0 Å². The molecule has 0 atom stereocenters. The van der Waals surface area contributed by atoms with Crippen molar-refractivity contribution >= 4 is 27.5 Å². The Bertz CT molecular complexity index is 1030. The fourth-order valence-corrected chi connectivity index (χ4v) is 6.27. The third-order valence-electron chi connectivity index (χ3n) is 6.13. The van der Waals surface area contributed by atoms with E-state index in [4.69, 9.17) is 11.6 Å². The zero-order valence-electron chi connectivity index (χ0n) is 18.0. The van der Waals surface area contributed by atoms with Gasteiger partial charge in [-0.1, -0.05) is 35.9 Å². The minimum absolute atomic E-state index is 0.0503. The third kappa shape index (κ3) is 4.56. The van der Waals surface area contributed by atoms with Gasteiger partial charge in [0.05, 0.1) is 4.90 Å². The summed E-state index contributed by atoms with van der Waals surface area (Å²) in [6, 6.07) is 9.44. The highest BCUT2D eigenvalue weighted by Crippen LogP contribution is 2.31. The van der Waals surface area contributed by atoms with E-state index in [0.717, 1.165) is 27.8 Å². The minimum atomic E-state index is -3.59. The van der Waals surface area contributed by atoms with Crippen molar-refractivity contribution in [2.45, 2.75) is 52.0 Å². The summed E-state index contributed by atoms with van der Waals surface area (Å²) in [6.45, 7) is 8.68. The number of carbonyl (C=O) groups excluding carboxylic acids is 1. The summed E-state index contributed by atoms with van der Waals surface area (Å²) >= 11 is 6.14. The molecule has 1 amide bonds. The number of carbonyl (C=O) groups is 1. The number of rotatable bonds is 5. The highest BCUT2D eigenvalue weighted by Gasteiger charge is 2.34. The van der Waals surface area contributed by atoms with Gasteiger partial charge in [-0.25, -0.2) is 8.42 Å². The maximum absolute atomic E-state index is 13.4. The number of amides is 1. The van der Waals surface area contributed by atoms with Crippen LogP contribution in [0.5, 0.6) is 0 Å². The Balaban J connectivity index is 1.67. The van der Waals surface area contributed by atoms with E-state index in [0.29, 0.717) is 42.4 Å². The van der Waals surface area contributed by atoms with Crippen molar-refractivity contribution in [3.05, 3.63) is 63.2 Å². The molecular formula is C23H29ClN2O3S. The zero-order valence-corrected chi connectivity index (χ0v) is 19.5. The third-order valence-corrected chi connectivity index (χ3v) is 8.67. The number of nitrogens with zero attached hydrogens (tertiary/aromatic N) is 1. The van der Waals surface area contributed by atoms with Crippen LogP contribution >= 0.6 is 11.6 Å². The van der Waals surface area contributed by atoms with Crippen LogP contribution in [0.15, 0.2) is 35.2 Å². The molecule has 0 aliphatic carbocycles. The predicted molar refractivity (Wildman–Crippen MR) is 120 cm³/mol. The van der Waals surface area contributed by atoms with Crippen LogP contribution in [0.1, 0.15) is 40.7 Å². The Hall–Kier alpha value is -1.89. The van der Waals surface area contributed by atoms with Crippen molar-refractivity contribution in [3.8, 4) is 0 Å². The van der Waals surface area contributed by atoms with Gasteiger partial charge in [0.2, 0.25) is 15.9 Å². The molecule has 2 aromatic rings. The lowest BCUT2D eigenvalue weighted by Crippen LogP contribution is -2.43. The second-order valence-corrected chi connectivity index (χ2v) is 10.4. The zero-order chi connectivity index (χ0) is 22.1. The molecule has 1 fully saturated rings. The van der Waals surface area contributed by atoms with Crippen molar-refractivity contribution in [2.24, 2.45) is 5.92 Å².